The van der Waals surface area contributed by atoms with E-state index in [1.54, 1.807) is 0 Å². The zero-order valence-corrected chi connectivity index (χ0v) is 46.6. The van der Waals surface area contributed by atoms with E-state index in [0.717, 1.165) is 158 Å². The van der Waals surface area contributed by atoms with Gasteiger partial charge in [0.2, 0.25) is 0 Å². The Morgan fingerprint density at radius 2 is 0.551 bits per heavy atom. The zero-order valence-electron chi connectivity index (χ0n) is 44.9. The second kappa shape index (κ2) is 32.8. The molecular formula is C61H94N2O4P2. The number of unbranched alkanes of at least 4 members (excludes halogenated alkanes) is 8. The first-order valence-corrected chi connectivity index (χ1v) is 30.4. The van der Waals surface area contributed by atoms with E-state index in [2.05, 4.69) is 138 Å². The lowest BCUT2D eigenvalue weighted by molar-refractivity contribution is 0.339. The first-order chi connectivity index (χ1) is 33.9. The van der Waals surface area contributed by atoms with Crippen molar-refractivity contribution in [2.45, 2.75) is 216 Å². The molecule has 0 radical (unpaired) electrons. The quantitative estimate of drug-likeness (QED) is 0.0435. The summed E-state index contributed by atoms with van der Waals surface area (Å²) in [6.45, 7) is 21.6. The molecule has 0 aromatic heterocycles. The summed E-state index contributed by atoms with van der Waals surface area (Å²) in [5.41, 5.74) is 10.9. The zero-order chi connectivity index (χ0) is 49.1. The van der Waals surface area contributed by atoms with Gasteiger partial charge in [-0.2, -0.15) is 0 Å². The van der Waals surface area contributed by atoms with Gasteiger partial charge < -0.3 is 18.1 Å². The van der Waals surface area contributed by atoms with Gasteiger partial charge in [-0.05, 0) is 178 Å². The monoisotopic (exact) mass is 981 g/mol. The largest absolute Gasteiger partial charge is 0.427 e. The molecule has 1 saturated heterocycles. The van der Waals surface area contributed by atoms with E-state index in [0.29, 0.717) is 0 Å². The lowest BCUT2D eigenvalue weighted by Gasteiger charge is -2.31. The Hall–Kier alpha value is -3.14. The highest BCUT2D eigenvalue weighted by atomic mass is 31.2. The summed E-state index contributed by atoms with van der Waals surface area (Å²) in [5, 5.41) is 0. The summed E-state index contributed by atoms with van der Waals surface area (Å²) >= 11 is 0. The fourth-order valence-electron chi connectivity index (χ4n) is 9.10. The van der Waals surface area contributed by atoms with Gasteiger partial charge >= 0.3 is 17.1 Å². The van der Waals surface area contributed by atoms with Crippen LogP contribution in [0.25, 0.3) is 0 Å². The molecule has 0 N–H and O–H groups in total. The molecular weight excluding hydrogens is 887 g/mol. The Morgan fingerprint density at radius 3 is 0.783 bits per heavy atom. The molecule has 4 aromatic carbocycles. The van der Waals surface area contributed by atoms with Crippen LogP contribution < -0.4 is 18.1 Å². The van der Waals surface area contributed by atoms with Crippen LogP contribution in [0.4, 0.5) is 0 Å². The van der Waals surface area contributed by atoms with Gasteiger partial charge in [-0.1, -0.05) is 155 Å². The van der Waals surface area contributed by atoms with E-state index in [4.69, 9.17) is 18.1 Å². The average molecular weight is 981 g/mol. The van der Waals surface area contributed by atoms with Gasteiger partial charge in [-0.15, -0.1) is 0 Å². The summed E-state index contributed by atoms with van der Waals surface area (Å²) in [4.78, 5) is 0. The first kappa shape index (κ1) is 56.8. The van der Waals surface area contributed by atoms with Crippen molar-refractivity contribution in [3.8, 4) is 23.0 Å². The third kappa shape index (κ3) is 19.1. The minimum atomic E-state index is -1.50. The number of rotatable bonds is 34. The van der Waals surface area contributed by atoms with Crippen LogP contribution in [-0.4, -0.2) is 35.5 Å². The second-order valence-corrected chi connectivity index (χ2v) is 22.5. The molecule has 0 spiro atoms. The van der Waals surface area contributed by atoms with Crippen molar-refractivity contribution < 1.29 is 18.1 Å². The highest BCUT2D eigenvalue weighted by Gasteiger charge is 2.34. The Labute approximate surface area is 425 Å². The number of hydrogen-bond acceptors (Lipinski definition) is 6. The van der Waals surface area contributed by atoms with Crippen LogP contribution in [0, 0.1) is 0 Å². The number of benzene rings is 4. The molecule has 1 aliphatic heterocycles. The molecule has 1 fully saturated rings. The highest BCUT2D eigenvalue weighted by molar-refractivity contribution is 7.46. The molecule has 1 heterocycles. The Kier molecular flexibility index (Phi) is 27.0. The predicted molar refractivity (Wildman–Crippen MR) is 299 cm³/mol. The van der Waals surface area contributed by atoms with Gasteiger partial charge in [0.1, 0.15) is 23.0 Å². The first-order valence-electron chi connectivity index (χ1n) is 28.1. The van der Waals surface area contributed by atoms with Crippen molar-refractivity contribution in [3.63, 3.8) is 0 Å². The molecule has 1 aliphatic rings. The molecule has 0 unspecified atom stereocenters. The van der Waals surface area contributed by atoms with Crippen LogP contribution >= 0.6 is 17.1 Å². The minimum Gasteiger partial charge on any atom is -0.427 e. The summed E-state index contributed by atoms with van der Waals surface area (Å²) in [7, 11) is -2.99. The van der Waals surface area contributed by atoms with E-state index < -0.39 is 17.1 Å². The van der Waals surface area contributed by atoms with Gasteiger partial charge in [-0.3, -0.25) is 0 Å². The van der Waals surface area contributed by atoms with Crippen molar-refractivity contribution in [3.05, 3.63) is 117 Å². The normalized spacial score (nSPS) is 13.6. The van der Waals surface area contributed by atoms with Gasteiger partial charge in [0.15, 0.2) is 0 Å². The fraction of sp³-hybridized carbons (Fsp3) is 0.607. The molecule has 5 rings (SSSR count). The summed E-state index contributed by atoms with van der Waals surface area (Å²) < 4.78 is 34.3. The molecule has 8 heteroatoms. The number of nitrogens with zero attached hydrogens (tertiary/aromatic N) is 2. The molecule has 0 bridgehead atoms. The lowest BCUT2D eigenvalue weighted by Crippen LogP contribution is -2.29. The van der Waals surface area contributed by atoms with E-state index in [1.807, 2.05) is 0 Å². The average Bonchev–Trinajstić information content (AvgIpc) is 3.63. The second-order valence-electron chi connectivity index (χ2n) is 19.7. The number of aryl methyl sites for hydroxylation is 8. The maximum absolute atomic E-state index is 7.32. The van der Waals surface area contributed by atoms with E-state index in [9.17, 15) is 0 Å². The third-order valence-electron chi connectivity index (χ3n) is 13.6. The number of hydrogen-bond donors (Lipinski definition) is 0. The van der Waals surface area contributed by atoms with Crippen LogP contribution in [0.2, 0.25) is 0 Å². The standard InChI is InChI=1S/C61H94N2O4P2/c1-9-17-26-50-34-38-58(54(46-50)30-21-13-5)64-68(65-59-39-35-51(27-18-10-2)47-55(59)31-22-14-6)62-42-25-43-63(45-44-62)69(66-60-40-36-52(28-19-11-3)48-56(60)32-23-15-7)67-61-41-37-53(29-20-12-4)49-57(61)33-24-16-8/h34-41,46-49H,9-33,42-45H2,1-8H3. The SMILES string of the molecule is CCCCc1ccc(OP(Oc2ccc(CCCC)cc2CCCC)N2CCCN(P(Oc3ccc(CCCC)cc3CCCC)Oc3ccc(CCCC)cc3CCCC)CC2)c(CCCC)c1. The van der Waals surface area contributed by atoms with Gasteiger partial charge in [0.25, 0.3) is 0 Å². The van der Waals surface area contributed by atoms with E-state index in [1.165, 1.54) is 95.9 Å². The van der Waals surface area contributed by atoms with Crippen molar-refractivity contribution in [1.29, 1.82) is 0 Å². The smallest absolute Gasteiger partial charge is 0.384 e. The van der Waals surface area contributed by atoms with Crippen LogP contribution in [0.1, 0.15) is 209 Å². The molecule has 69 heavy (non-hydrogen) atoms. The van der Waals surface area contributed by atoms with Crippen LogP contribution in [0.15, 0.2) is 72.8 Å². The van der Waals surface area contributed by atoms with Crippen LogP contribution in [0.3, 0.4) is 0 Å². The predicted octanol–water partition coefficient (Wildman–Crippen LogP) is 18.5. The van der Waals surface area contributed by atoms with Crippen molar-refractivity contribution in [2.75, 3.05) is 26.2 Å². The topological polar surface area (TPSA) is 43.4 Å². The lowest BCUT2D eigenvalue weighted by atomic mass is 10.0. The summed E-state index contributed by atoms with van der Waals surface area (Å²) in [6.07, 6.45) is 28.1. The molecule has 0 atom stereocenters. The maximum Gasteiger partial charge on any atom is 0.384 e. The fourth-order valence-corrected chi connectivity index (χ4v) is 12.1. The molecule has 0 amide bonds. The Balaban J connectivity index is 1.52. The minimum absolute atomic E-state index is 0.784. The molecule has 0 aliphatic carbocycles. The van der Waals surface area contributed by atoms with Crippen molar-refractivity contribution in [1.82, 2.24) is 9.34 Å². The van der Waals surface area contributed by atoms with E-state index in [-0.39, 0.29) is 0 Å². The van der Waals surface area contributed by atoms with Gasteiger partial charge in [0, 0.05) is 26.2 Å². The highest BCUT2D eigenvalue weighted by Crippen LogP contribution is 2.50. The van der Waals surface area contributed by atoms with Crippen LogP contribution in [0.5, 0.6) is 23.0 Å². The van der Waals surface area contributed by atoms with Crippen molar-refractivity contribution in [2.24, 2.45) is 0 Å². The Morgan fingerprint density at radius 1 is 0.319 bits per heavy atom. The summed E-state index contributed by atoms with van der Waals surface area (Å²) in [5.74, 6) is 3.90. The van der Waals surface area contributed by atoms with E-state index >= 15 is 0 Å². The molecule has 6 nitrogen and oxygen atoms in total. The van der Waals surface area contributed by atoms with Gasteiger partial charge in [0.05, 0.1) is 0 Å². The molecule has 4 aromatic rings. The third-order valence-corrected chi connectivity index (χ3v) is 16.7. The molecule has 0 saturated carbocycles. The maximum atomic E-state index is 7.32. The molecule has 382 valence electrons. The van der Waals surface area contributed by atoms with Gasteiger partial charge in [-0.25, -0.2) is 9.34 Å². The van der Waals surface area contributed by atoms with Crippen LogP contribution in [-0.2, 0) is 51.4 Å². The van der Waals surface area contributed by atoms with Crippen molar-refractivity contribution >= 4 is 17.1 Å². The Bertz CT molecular complexity index is 1770. The summed E-state index contributed by atoms with van der Waals surface area (Å²) in [6, 6.07) is 27.9.